The molecule has 4 rings (SSSR count). The molecule has 0 aromatic carbocycles. The molecule has 10 heteroatoms. The van der Waals surface area contributed by atoms with Crippen molar-refractivity contribution in [2.75, 3.05) is 11.5 Å². The van der Waals surface area contributed by atoms with Crippen LogP contribution in [0.5, 0.6) is 0 Å². The molecule has 4 atom stereocenters. The van der Waals surface area contributed by atoms with Crippen LogP contribution < -0.4 is 5.73 Å². The summed E-state index contributed by atoms with van der Waals surface area (Å²) in [7, 11) is 2.00. The van der Waals surface area contributed by atoms with Gasteiger partial charge in [-0.15, -0.1) is 0 Å². The molecule has 0 spiro atoms. The second kappa shape index (κ2) is 6.39. The average Bonchev–Trinajstić information content (AvgIpc) is 3.17. The molecule has 2 aromatic rings. The molecule has 2 fully saturated rings. The summed E-state index contributed by atoms with van der Waals surface area (Å²) in [6.45, 7) is 3.88. The Kier molecular flexibility index (Phi) is 4.48. The molecule has 2 saturated heterocycles. The van der Waals surface area contributed by atoms with Crippen LogP contribution in [-0.4, -0.2) is 62.9 Å². The van der Waals surface area contributed by atoms with Crippen LogP contribution in [0.4, 0.5) is 5.82 Å². The van der Waals surface area contributed by atoms with Crippen LogP contribution in [0.3, 0.4) is 0 Å². The van der Waals surface area contributed by atoms with Gasteiger partial charge in [-0.05, 0) is 0 Å². The number of rotatable bonds is 4. The van der Waals surface area contributed by atoms with Crippen LogP contribution >= 0.6 is 10.0 Å². The number of nitrogens with zero attached hydrogens (tertiary/aromatic N) is 4. The Morgan fingerprint density at radius 2 is 2.00 bits per heavy atom. The van der Waals surface area contributed by atoms with Crippen LogP contribution in [0.25, 0.3) is 11.2 Å². The molecule has 0 unspecified atom stereocenters. The number of hydrogen-bond donors (Lipinski definition) is 1. The third-order valence-electron chi connectivity index (χ3n) is 4.28. The Morgan fingerprint density at radius 3 is 2.76 bits per heavy atom. The van der Waals surface area contributed by atoms with Gasteiger partial charge in [-0.25, -0.2) is 0 Å². The van der Waals surface area contributed by atoms with Gasteiger partial charge in [0, 0.05) is 0 Å². The minimum absolute atomic E-state index is 0.0183. The second-order valence-corrected chi connectivity index (χ2v) is 16.2. The Bertz CT molecular complexity index is 786. The fourth-order valence-corrected chi connectivity index (χ4v) is 6.81. The maximum absolute atomic E-state index is 6.34. The molecular formula is C15H22AsN5O3S. The van der Waals surface area contributed by atoms with E-state index in [1.807, 2.05) is 28.4 Å². The second-order valence-electron chi connectivity index (χ2n) is 6.82. The molecule has 2 aromatic heterocycles. The monoisotopic (exact) mass is 427 g/mol. The quantitative estimate of drug-likeness (QED) is 0.738. The molecular weight excluding hydrogens is 405 g/mol. The third-order valence-corrected chi connectivity index (χ3v) is 9.47. The van der Waals surface area contributed by atoms with Crippen molar-refractivity contribution in [3.05, 3.63) is 12.7 Å². The molecule has 136 valence electrons. The van der Waals surface area contributed by atoms with Crippen molar-refractivity contribution in [2.24, 2.45) is 0 Å². The molecule has 2 N–H and O–H groups in total. The van der Waals surface area contributed by atoms with Crippen molar-refractivity contribution in [1.29, 1.82) is 0 Å². The van der Waals surface area contributed by atoms with Gasteiger partial charge in [-0.2, -0.15) is 0 Å². The van der Waals surface area contributed by atoms with E-state index in [1.165, 1.54) is 6.33 Å². The SMILES string of the molecule is C[As](C)SC[C@H]1O[C@@H](n2cnc3c(N)ncnc32)[C@@H]2OC(C)(C)O[C@@H]21. The van der Waals surface area contributed by atoms with E-state index >= 15 is 0 Å². The summed E-state index contributed by atoms with van der Waals surface area (Å²) >= 11 is -0.807. The molecule has 2 aliphatic rings. The van der Waals surface area contributed by atoms with Gasteiger partial charge < -0.3 is 0 Å². The first kappa shape index (κ1) is 17.5. The molecule has 0 amide bonds. The zero-order valence-corrected chi connectivity index (χ0v) is 17.3. The normalized spacial score (nSPS) is 31.1. The fourth-order valence-electron chi connectivity index (χ4n) is 3.30. The van der Waals surface area contributed by atoms with E-state index in [2.05, 4.69) is 26.4 Å². The Morgan fingerprint density at radius 1 is 1.24 bits per heavy atom. The summed E-state index contributed by atoms with van der Waals surface area (Å²) in [5, 5.41) is 0. The van der Waals surface area contributed by atoms with Gasteiger partial charge in [0.25, 0.3) is 0 Å². The summed E-state index contributed by atoms with van der Waals surface area (Å²) in [5.41, 5.74) is 11.8. The summed E-state index contributed by atoms with van der Waals surface area (Å²) in [4.78, 5) is 12.7. The summed E-state index contributed by atoms with van der Waals surface area (Å²) in [5.74, 6) is 0.648. The Balaban J connectivity index is 1.67. The predicted octanol–water partition coefficient (Wildman–Crippen LogP) is 1.81. The van der Waals surface area contributed by atoms with Crippen molar-refractivity contribution >= 4 is 40.5 Å². The van der Waals surface area contributed by atoms with Gasteiger partial charge in [0.2, 0.25) is 0 Å². The molecule has 0 radical (unpaired) electrons. The standard InChI is InChI=1S/C15H22AsN5O3S/c1-15(2)23-10-8(5-25-16(3)4)22-14(11(10)24-15)21-7-20-9-12(17)18-6-19-13(9)21/h6-8,10-11,14H,5H2,1-4H3,(H2,17,18,19)/t8-,10-,11-,14-/m1/s1. The average molecular weight is 427 g/mol. The number of imidazole rings is 1. The van der Waals surface area contributed by atoms with Gasteiger partial charge in [0.05, 0.1) is 0 Å². The van der Waals surface area contributed by atoms with Crippen molar-refractivity contribution < 1.29 is 14.2 Å². The maximum atomic E-state index is 6.34. The first-order valence-corrected chi connectivity index (χ1v) is 15.1. The number of hydrogen-bond acceptors (Lipinski definition) is 8. The van der Waals surface area contributed by atoms with E-state index in [-0.39, 0.29) is 24.5 Å². The predicted molar refractivity (Wildman–Crippen MR) is 97.4 cm³/mol. The van der Waals surface area contributed by atoms with E-state index in [4.69, 9.17) is 19.9 Å². The summed E-state index contributed by atoms with van der Waals surface area (Å²) < 4.78 is 20.5. The number of nitrogen functional groups attached to an aromatic ring is 1. The third kappa shape index (κ3) is 3.17. The summed E-state index contributed by atoms with van der Waals surface area (Å²) in [6.07, 6.45) is 2.47. The molecule has 2 aliphatic heterocycles. The fraction of sp³-hybridized carbons (Fsp3) is 0.667. The molecule has 4 heterocycles. The minimum atomic E-state index is -0.807. The van der Waals surface area contributed by atoms with Gasteiger partial charge in [-0.3, -0.25) is 0 Å². The van der Waals surface area contributed by atoms with Gasteiger partial charge in [0.15, 0.2) is 0 Å². The van der Waals surface area contributed by atoms with Crippen LogP contribution in [0.15, 0.2) is 12.7 Å². The van der Waals surface area contributed by atoms with E-state index < -0.39 is 19.3 Å². The van der Waals surface area contributed by atoms with Gasteiger partial charge in [0.1, 0.15) is 0 Å². The summed E-state index contributed by atoms with van der Waals surface area (Å²) in [6, 6.07) is 0. The zero-order valence-electron chi connectivity index (χ0n) is 14.6. The van der Waals surface area contributed by atoms with E-state index in [0.717, 1.165) is 5.75 Å². The topological polar surface area (TPSA) is 97.3 Å². The van der Waals surface area contributed by atoms with E-state index in [0.29, 0.717) is 17.0 Å². The van der Waals surface area contributed by atoms with E-state index in [9.17, 15) is 0 Å². The van der Waals surface area contributed by atoms with Crippen molar-refractivity contribution in [1.82, 2.24) is 19.5 Å². The molecule has 0 aliphatic carbocycles. The van der Waals surface area contributed by atoms with Gasteiger partial charge in [-0.1, -0.05) is 0 Å². The molecule has 25 heavy (non-hydrogen) atoms. The van der Waals surface area contributed by atoms with Crippen LogP contribution in [0.2, 0.25) is 11.4 Å². The van der Waals surface area contributed by atoms with E-state index in [1.54, 1.807) is 6.33 Å². The number of ether oxygens (including phenoxy) is 3. The molecule has 0 saturated carbocycles. The molecule has 8 nitrogen and oxygen atoms in total. The van der Waals surface area contributed by atoms with Crippen LogP contribution in [0, 0.1) is 0 Å². The van der Waals surface area contributed by atoms with Crippen molar-refractivity contribution in [3.63, 3.8) is 0 Å². The van der Waals surface area contributed by atoms with Crippen LogP contribution in [-0.2, 0) is 14.2 Å². The number of nitrogens with two attached hydrogens (primary N) is 1. The number of fused-ring (bicyclic) bond motifs is 2. The number of aromatic nitrogens is 4. The first-order valence-electron chi connectivity index (χ1n) is 8.10. The Hall–Kier alpha value is -0.862. The molecule has 0 bridgehead atoms. The number of anilines is 1. The first-order chi connectivity index (χ1) is 11.9. The van der Waals surface area contributed by atoms with Crippen LogP contribution in [0.1, 0.15) is 20.1 Å². The van der Waals surface area contributed by atoms with Crippen molar-refractivity contribution in [3.8, 4) is 0 Å². The Labute approximate surface area is 154 Å². The van der Waals surface area contributed by atoms with Crippen molar-refractivity contribution in [2.45, 2.75) is 55.6 Å². The zero-order chi connectivity index (χ0) is 17.8. The van der Waals surface area contributed by atoms with Gasteiger partial charge >= 0.3 is 154 Å².